The fourth-order valence-electron chi connectivity index (χ4n) is 2.50. The van der Waals surface area contributed by atoms with Gasteiger partial charge in [-0.05, 0) is 37.9 Å². The van der Waals surface area contributed by atoms with Crippen molar-refractivity contribution in [2.75, 3.05) is 0 Å². The second-order valence-corrected chi connectivity index (χ2v) is 8.49. The van der Waals surface area contributed by atoms with E-state index >= 15 is 0 Å². The molecule has 1 radical (unpaired) electrons. The van der Waals surface area contributed by atoms with Crippen LogP contribution in [0.3, 0.4) is 0 Å². The normalized spacial score (nSPS) is 15.7. The maximum atomic E-state index is 11.9. The van der Waals surface area contributed by atoms with Gasteiger partial charge in [0.05, 0.1) is 5.37 Å². The number of carbonyl (C=O) groups excluding carboxylic acids is 1. The van der Waals surface area contributed by atoms with Crippen LogP contribution in [-0.2, 0) is 0 Å². The lowest BCUT2D eigenvalue weighted by molar-refractivity contribution is 0.234. The lowest BCUT2D eigenvalue weighted by Gasteiger charge is -2.31. The fraction of sp³-hybridized carbons (Fsp3) is 0.944. The molecule has 0 bridgehead atoms. The zero-order chi connectivity index (χ0) is 18.8. The monoisotopic (exact) mass is 356 g/mol. The van der Waals surface area contributed by atoms with Gasteiger partial charge in [-0.25, -0.2) is 4.79 Å². The number of thiol groups is 1. The zero-order valence-corrected chi connectivity index (χ0v) is 17.7. The summed E-state index contributed by atoms with van der Waals surface area (Å²) in [4.78, 5) is 11.9. The quantitative estimate of drug-likeness (QED) is 0.185. The van der Waals surface area contributed by atoms with Crippen molar-refractivity contribution in [1.29, 1.82) is 0 Å². The van der Waals surface area contributed by atoms with Gasteiger partial charge in [0.1, 0.15) is 7.28 Å². The molecule has 0 saturated carbocycles. The van der Waals surface area contributed by atoms with Gasteiger partial charge in [0.25, 0.3) is 0 Å². The predicted molar refractivity (Wildman–Crippen MR) is 110 cm³/mol. The Kier molecular flexibility index (Phi) is 11.9. The molecular weight excluding hydrogens is 317 g/mol. The molecule has 0 fully saturated rings. The maximum absolute atomic E-state index is 11.9. The summed E-state index contributed by atoms with van der Waals surface area (Å²) < 4.78 is 0. The van der Waals surface area contributed by atoms with Crippen LogP contribution in [0.5, 0.6) is 0 Å². The van der Waals surface area contributed by atoms with Crippen LogP contribution in [0.1, 0.15) is 74.1 Å². The number of amides is 2. The Balaban J connectivity index is 4.09. The summed E-state index contributed by atoms with van der Waals surface area (Å²) in [6.45, 7) is 15.0. The number of hydrogen-bond donors (Lipinski definition) is 4. The minimum atomic E-state index is -0.180. The number of carbonyl (C=O) groups is 1. The highest BCUT2D eigenvalue weighted by atomic mass is 32.1. The van der Waals surface area contributed by atoms with E-state index in [0.29, 0.717) is 18.3 Å². The second-order valence-electron chi connectivity index (χ2n) is 7.87. The van der Waals surface area contributed by atoms with E-state index in [2.05, 4.69) is 77.4 Å². The van der Waals surface area contributed by atoms with Gasteiger partial charge in [-0.3, -0.25) is 0 Å². The molecule has 4 nitrogen and oxygen atoms in total. The van der Waals surface area contributed by atoms with E-state index < -0.39 is 0 Å². The Morgan fingerprint density at radius 2 is 1.75 bits per heavy atom. The molecule has 0 aliphatic carbocycles. The Morgan fingerprint density at radius 1 is 1.12 bits per heavy atom. The van der Waals surface area contributed by atoms with E-state index in [1.165, 1.54) is 25.7 Å². The molecular formula is C18H39BN3OS. The third kappa shape index (κ3) is 12.1. The van der Waals surface area contributed by atoms with Crippen molar-refractivity contribution >= 4 is 25.9 Å². The molecule has 0 heterocycles. The number of urea groups is 1. The molecule has 0 aromatic heterocycles. The SMILES string of the molecule is CCCCCC(C)NC(C)(C)[B]CC(S)NC(=O)NC(C)C(C)C. The van der Waals surface area contributed by atoms with Crippen LogP contribution >= 0.6 is 12.6 Å². The second kappa shape index (κ2) is 12.1. The van der Waals surface area contributed by atoms with Crippen LogP contribution in [0.2, 0.25) is 6.32 Å². The van der Waals surface area contributed by atoms with Crippen molar-refractivity contribution in [2.24, 2.45) is 5.92 Å². The Bertz CT molecular complexity index is 353. The number of nitrogens with one attached hydrogen (secondary N) is 3. The standard InChI is InChI=1S/C18H39BN3OS/c1-8-9-10-11-14(4)22-18(6,7)19-12-16(24)21-17(23)20-15(5)13(2)3/h13-16,22,24H,8-12H2,1-7H3,(H2,20,21,23). The summed E-state index contributed by atoms with van der Waals surface area (Å²) in [6, 6.07) is 0.490. The number of hydrogen-bond acceptors (Lipinski definition) is 3. The van der Waals surface area contributed by atoms with E-state index in [-0.39, 0.29) is 22.9 Å². The highest BCUT2D eigenvalue weighted by Gasteiger charge is 2.23. The van der Waals surface area contributed by atoms with Gasteiger partial charge in [0.2, 0.25) is 0 Å². The topological polar surface area (TPSA) is 53.2 Å². The molecule has 0 aromatic rings. The first-order valence-corrected chi connectivity index (χ1v) is 9.96. The molecule has 2 amide bonds. The summed E-state index contributed by atoms with van der Waals surface area (Å²) in [5.41, 5.74) is -0.0734. The summed E-state index contributed by atoms with van der Waals surface area (Å²) in [5.74, 6) is 0.415. The van der Waals surface area contributed by atoms with Crippen molar-refractivity contribution in [3.8, 4) is 0 Å². The first-order valence-electron chi connectivity index (χ1n) is 9.44. The van der Waals surface area contributed by atoms with Crippen LogP contribution in [0, 0.1) is 5.92 Å². The molecule has 0 aromatic carbocycles. The van der Waals surface area contributed by atoms with Crippen LogP contribution in [0.15, 0.2) is 0 Å². The van der Waals surface area contributed by atoms with E-state index in [1.807, 2.05) is 6.92 Å². The van der Waals surface area contributed by atoms with Crippen molar-refractivity contribution in [2.45, 2.75) is 103 Å². The Morgan fingerprint density at radius 3 is 2.29 bits per heavy atom. The van der Waals surface area contributed by atoms with Crippen molar-refractivity contribution < 1.29 is 4.79 Å². The minimum Gasteiger partial charge on any atom is -0.335 e. The molecule has 3 unspecified atom stereocenters. The molecule has 0 spiro atoms. The lowest BCUT2D eigenvalue weighted by atomic mass is 9.57. The van der Waals surface area contributed by atoms with Gasteiger partial charge in [0.15, 0.2) is 0 Å². The van der Waals surface area contributed by atoms with Crippen molar-refractivity contribution in [3.05, 3.63) is 0 Å². The third-order valence-electron chi connectivity index (χ3n) is 4.37. The molecule has 24 heavy (non-hydrogen) atoms. The van der Waals surface area contributed by atoms with Crippen molar-refractivity contribution in [1.82, 2.24) is 16.0 Å². The maximum Gasteiger partial charge on any atom is 0.315 e. The third-order valence-corrected chi connectivity index (χ3v) is 4.71. The zero-order valence-electron chi connectivity index (χ0n) is 16.8. The molecule has 0 aliphatic rings. The summed E-state index contributed by atoms with van der Waals surface area (Å²) >= 11 is 4.48. The Hall–Kier alpha value is -0.355. The molecule has 3 atom stereocenters. The lowest BCUT2D eigenvalue weighted by Crippen LogP contribution is -2.51. The summed E-state index contributed by atoms with van der Waals surface area (Å²) in [7, 11) is 2.20. The smallest absolute Gasteiger partial charge is 0.315 e. The minimum absolute atomic E-state index is 0.0734. The molecule has 0 rings (SSSR count). The molecule has 3 N–H and O–H groups in total. The molecule has 0 aliphatic heterocycles. The van der Waals surface area contributed by atoms with Gasteiger partial charge >= 0.3 is 6.03 Å². The number of unbranched alkanes of at least 4 members (excludes halogenated alkanes) is 2. The van der Waals surface area contributed by atoms with E-state index in [1.54, 1.807) is 0 Å². The first-order chi connectivity index (χ1) is 11.1. The average molecular weight is 356 g/mol. The van der Waals surface area contributed by atoms with Crippen LogP contribution in [0.25, 0.3) is 0 Å². The summed E-state index contributed by atoms with van der Waals surface area (Å²) in [5, 5.41) is 9.30. The molecule has 141 valence electrons. The van der Waals surface area contributed by atoms with E-state index in [4.69, 9.17) is 0 Å². The highest BCUT2D eigenvalue weighted by molar-refractivity contribution is 7.81. The Labute approximate surface area is 156 Å². The average Bonchev–Trinajstić information content (AvgIpc) is 2.44. The van der Waals surface area contributed by atoms with Gasteiger partial charge in [-0.2, -0.15) is 12.6 Å². The van der Waals surface area contributed by atoms with E-state index in [9.17, 15) is 4.79 Å². The molecule has 6 heteroatoms. The van der Waals surface area contributed by atoms with Gasteiger partial charge in [-0.15, -0.1) is 0 Å². The fourth-order valence-corrected chi connectivity index (χ4v) is 2.72. The summed E-state index contributed by atoms with van der Waals surface area (Å²) in [6.07, 6.45) is 5.73. The number of rotatable bonds is 12. The van der Waals surface area contributed by atoms with Gasteiger partial charge in [-0.1, -0.05) is 53.9 Å². The van der Waals surface area contributed by atoms with Crippen LogP contribution in [-0.4, -0.2) is 36.2 Å². The molecule has 0 saturated heterocycles. The van der Waals surface area contributed by atoms with E-state index in [0.717, 1.165) is 0 Å². The first kappa shape index (κ1) is 23.6. The van der Waals surface area contributed by atoms with Gasteiger partial charge in [0, 0.05) is 12.1 Å². The predicted octanol–water partition coefficient (Wildman–Crippen LogP) is 4.00. The van der Waals surface area contributed by atoms with Gasteiger partial charge < -0.3 is 16.0 Å². The highest BCUT2D eigenvalue weighted by Crippen LogP contribution is 2.11. The van der Waals surface area contributed by atoms with Crippen LogP contribution < -0.4 is 16.0 Å². The largest absolute Gasteiger partial charge is 0.335 e. The van der Waals surface area contributed by atoms with Crippen LogP contribution in [0.4, 0.5) is 4.79 Å². The van der Waals surface area contributed by atoms with Crippen molar-refractivity contribution in [3.63, 3.8) is 0 Å².